The SMILES string of the molecule is Cc1cccc(OCCCC(=O)N2CCNCC2C)c1.Cl. The summed E-state index contributed by atoms with van der Waals surface area (Å²) in [6, 6.07) is 8.29. The molecule has 1 N–H and O–H groups in total. The molecule has 1 aliphatic heterocycles. The molecule has 1 aromatic rings. The highest BCUT2D eigenvalue weighted by atomic mass is 35.5. The van der Waals surface area contributed by atoms with Gasteiger partial charge in [0.15, 0.2) is 0 Å². The van der Waals surface area contributed by atoms with Crippen LogP contribution in [0.4, 0.5) is 0 Å². The predicted molar refractivity (Wildman–Crippen MR) is 87.2 cm³/mol. The van der Waals surface area contributed by atoms with E-state index in [0.717, 1.165) is 31.8 Å². The van der Waals surface area contributed by atoms with Gasteiger partial charge in [-0.2, -0.15) is 0 Å². The fraction of sp³-hybridized carbons (Fsp3) is 0.562. The molecule has 1 amide bonds. The normalized spacial score (nSPS) is 18.0. The quantitative estimate of drug-likeness (QED) is 0.849. The van der Waals surface area contributed by atoms with Crippen molar-refractivity contribution in [1.29, 1.82) is 0 Å². The van der Waals surface area contributed by atoms with Crippen molar-refractivity contribution in [3.63, 3.8) is 0 Å². The number of carbonyl (C=O) groups is 1. The topological polar surface area (TPSA) is 41.6 Å². The molecule has 1 fully saturated rings. The Balaban J connectivity index is 0.00000220. The molecule has 0 bridgehead atoms. The lowest BCUT2D eigenvalue weighted by molar-refractivity contribution is -0.134. The van der Waals surface area contributed by atoms with Crippen LogP contribution in [0.3, 0.4) is 0 Å². The van der Waals surface area contributed by atoms with E-state index in [9.17, 15) is 4.79 Å². The summed E-state index contributed by atoms with van der Waals surface area (Å²) >= 11 is 0. The number of amides is 1. The maximum Gasteiger partial charge on any atom is 0.223 e. The van der Waals surface area contributed by atoms with Crippen LogP contribution in [0.25, 0.3) is 0 Å². The van der Waals surface area contributed by atoms with Gasteiger partial charge in [-0.1, -0.05) is 12.1 Å². The first kappa shape index (κ1) is 17.8. The summed E-state index contributed by atoms with van der Waals surface area (Å²) in [5.74, 6) is 1.12. The number of nitrogens with zero attached hydrogens (tertiary/aromatic N) is 1. The Morgan fingerprint density at radius 1 is 1.48 bits per heavy atom. The molecule has 0 saturated carbocycles. The molecule has 0 spiro atoms. The largest absolute Gasteiger partial charge is 0.494 e. The Labute approximate surface area is 133 Å². The minimum absolute atomic E-state index is 0. The van der Waals surface area contributed by atoms with Crippen molar-refractivity contribution < 1.29 is 9.53 Å². The van der Waals surface area contributed by atoms with Gasteiger partial charge in [0.1, 0.15) is 5.75 Å². The fourth-order valence-electron chi connectivity index (χ4n) is 2.47. The number of carbonyl (C=O) groups excluding carboxylic acids is 1. The molecule has 1 aliphatic rings. The standard InChI is InChI=1S/C16H24N2O2.ClH/c1-13-5-3-6-15(11-13)20-10-4-7-16(19)18-9-8-17-12-14(18)2;/h3,5-6,11,14,17H,4,7-10,12H2,1-2H3;1H. The monoisotopic (exact) mass is 312 g/mol. The Bertz CT molecular complexity index is 454. The lowest BCUT2D eigenvalue weighted by Gasteiger charge is -2.34. The Morgan fingerprint density at radius 3 is 3.00 bits per heavy atom. The smallest absolute Gasteiger partial charge is 0.223 e. The third-order valence-corrected chi connectivity index (χ3v) is 3.61. The zero-order chi connectivity index (χ0) is 14.4. The summed E-state index contributed by atoms with van der Waals surface area (Å²) in [5.41, 5.74) is 1.19. The highest BCUT2D eigenvalue weighted by Gasteiger charge is 2.22. The third-order valence-electron chi connectivity index (χ3n) is 3.61. The van der Waals surface area contributed by atoms with Crippen LogP contribution >= 0.6 is 12.4 Å². The number of rotatable bonds is 5. The van der Waals surface area contributed by atoms with Gasteiger partial charge in [-0.25, -0.2) is 0 Å². The molecule has 1 heterocycles. The molecule has 0 aliphatic carbocycles. The molecule has 0 aromatic heterocycles. The van der Waals surface area contributed by atoms with Gasteiger partial charge in [-0.15, -0.1) is 12.4 Å². The molecule has 2 rings (SSSR count). The summed E-state index contributed by atoms with van der Waals surface area (Å²) in [5, 5.41) is 3.29. The lowest BCUT2D eigenvalue weighted by Crippen LogP contribution is -2.52. The van der Waals surface area contributed by atoms with Gasteiger partial charge in [0, 0.05) is 32.1 Å². The van der Waals surface area contributed by atoms with Crippen LogP contribution in [0.15, 0.2) is 24.3 Å². The summed E-state index contributed by atoms with van der Waals surface area (Å²) < 4.78 is 5.67. The number of hydrogen-bond donors (Lipinski definition) is 1. The predicted octanol–water partition coefficient (Wildman–Crippen LogP) is 2.40. The van der Waals surface area contributed by atoms with E-state index in [4.69, 9.17) is 4.74 Å². The first-order valence-corrected chi connectivity index (χ1v) is 7.36. The highest BCUT2D eigenvalue weighted by Crippen LogP contribution is 2.13. The summed E-state index contributed by atoms with van der Waals surface area (Å²) in [7, 11) is 0. The molecule has 118 valence electrons. The zero-order valence-electron chi connectivity index (χ0n) is 12.8. The van der Waals surface area contributed by atoms with Crippen LogP contribution in [-0.4, -0.2) is 43.1 Å². The van der Waals surface area contributed by atoms with E-state index in [1.165, 1.54) is 5.56 Å². The van der Waals surface area contributed by atoms with Crippen LogP contribution in [0.1, 0.15) is 25.3 Å². The summed E-state index contributed by atoms with van der Waals surface area (Å²) in [4.78, 5) is 14.1. The third kappa shape index (κ3) is 5.56. The Kier molecular flexibility index (Phi) is 7.54. The lowest BCUT2D eigenvalue weighted by atomic mass is 10.2. The van der Waals surface area contributed by atoms with Crippen molar-refractivity contribution >= 4 is 18.3 Å². The maximum atomic E-state index is 12.1. The number of hydrogen-bond acceptors (Lipinski definition) is 3. The van der Waals surface area contributed by atoms with E-state index in [0.29, 0.717) is 19.1 Å². The van der Waals surface area contributed by atoms with Gasteiger partial charge in [-0.05, 0) is 38.0 Å². The number of piperazine rings is 1. The van der Waals surface area contributed by atoms with Gasteiger partial charge in [0.05, 0.1) is 6.61 Å². The molecule has 1 saturated heterocycles. The van der Waals surface area contributed by atoms with Crippen LogP contribution < -0.4 is 10.1 Å². The van der Waals surface area contributed by atoms with Crippen LogP contribution in [0.5, 0.6) is 5.75 Å². The minimum atomic E-state index is 0. The van der Waals surface area contributed by atoms with Crippen LogP contribution in [-0.2, 0) is 4.79 Å². The Hall–Kier alpha value is -1.26. The zero-order valence-corrected chi connectivity index (χ0v) is 13.6. The molecule has 1 atom stereocenters. The van der Waals surface area contributed by atoms with Gasteiger partial charge in [0.25, 0.3) is 0 Å². The van der Waals surface area contributed by atoms with Crippen molar-refractivity contribution in [2.45, 2.75) is 32.7 Å². The van der Waals surface area contributed by atoms with Crippen molar-refractivity contribution in [3.8, 4) is 5.75 Å². The number of benzene rings is 1. The van der Waals surface area contributed by atoms with Gasteiger partial charge < -0.3 is 15.0 Å². The minimum Gasteiger partial charge on any atom is -0.494 e. The summed E-state index contributed by atoms with van der Waals surface area (Å²) in [6.07, 6.45) is 1.33. The second-order valence-electron chi connectivity index (χ2n) is 5.41. The molecular formula is C16H25ClN2O2. The first-order valence-electron chi connectivity index (χ1n) is 7.36. The van der Waals surface area contributed by atoms with E-state index >= 15 is 0 Å². The molecule has 4 nitrogen and oxygen atoms in total. The molecule has 1 aromatic carbocycles. The summed E-state index contributed by atoms with van der Waals surface area (Å²) in [6.45, 7) is 7.34. The second kappa shape index (κ2) is 8.90. The molecule has 1 unspecified atom stereocenters. The molecular weight excluding hydrogens is 288 g/mol. The van der Waals surface area contributed by atoms with E-state index in [1.54, 1.807) is 0 Å². The number of halogens is 1. The van der Waals surface area contributed by atoms with E-state index in [2.05, 4.69) is 12.2 Å². The van der Waals surface area contributed by atoms with Crippen molar-refractivity contribution in [1.82, 2.24) is 10.2 Å². The van der Waals surface area contributed by atoms with E-state index < -0.39 is 0 Å². The average molecular weight is 313 g/mol. The van der Waals surface area contributed by atoms with Gasteiger partial charge in [0.2, 0.25) is 5.91 Å². The Morgan fingerprint density at radius 2 is 2.29 bits per heavy atom. The van der Waals surface area contributed by atoms with Gasteiger partial charge in [-0.3, -0.25) is 4.79 Å². The van der Waals surface area contributed by atoms with Crippen molar-refractivity contribution in [2.75, 3.05) is 26.2 Å². The van der Waals surface area contributed by atoms with Crippen molar-refractivity contribution in [3.05, 3.63) is 29.8 Å². The molecule has 5 heteroatoms. The second-order valence-corrected chi connectivity index (χ2v) is 5.41. The van der Waals surface area contributed by atoms with Crippen molar-refractivity contribution in [2.24, 2.45) is 0 Å². The number of ether oxygens (including phenoxy) is 1. The van der Waals surface area contributed by atoms with E-state index in [1.807, 2.05) is 36.1 Å². The van der Waals surface area contributed by atoms with Crippen LogP contribution in [0, 0.1) is 6.92 Å². The van der Waals surface area contributed by atoms with Crippen LogP contribution in [0.2, 0.25) is 0 Å². The number of nitrogens with one attached hydrogen (secondary N) is 1. The molecule has 0 radical (unpaired) electrons. The molecule has 21 heavy (non-hydrogen) atoms. The van der Waals surface area contributed by atoms with Gasteiger partial charge >= 0.3 is 0 Å². The average Bonchev–Trinajstić information content (AvgIpc) is 2.44. The first-order chi connectivity index (χ1) is 9.66. The van der Waals surface area contributed by atoms with E-state index in [-0.39, 0.29) is 18.3 Å². The number of aryl methyl sites for hydroxylation is 1. The maximum absolute atomic E-state index is 12.1. The highest BCUT2D eigenvalue weighted by molar-refractivity contribution is 5.85. The fourth-order valence-corrected chi connectivity index (χ4v) is 2.47.